The number of halogens is 2. The summed E-state index contributed by atoms with van der Waals surface area (Å²) in [4.78, 5) is 6.71. The fourth-order valence-electron chi connectivity index (χ4n) is 2.49. The van der Waals surface area contributed by atoms with Crippen molar-refractivity contribution >= 4 is 57.3 Å². The van der Waals surface area contributed by atoms with Crippen LogP contribution in [-0.4, -0.2) is 28.0 Å². The summed E-state index contributed by atoms with van der Waals surface area (Å²) in [6.07, 6.45) is 4.00. The van der Waals surface area contributed by atoms with Gasteiger partial charge in [0.05, 0.1) is 0 Å². The first kappa shape index (κ1) is 16.3. The molecule has 3 rings (SSSR count). The first-order valence-electron chi connectivity index (χ1n) is 6.78. The number of aromatic nitrogens is 2. The average Bonchev–Trinajstić information content (AvgIpc) is 2.85. The molecule has 0 amide bonds. The SMILES string of the molecule is CN(C)Cc1ccc(-c2cn(SI)c3ncc(Br)cc23)cc1. The summed E-state index contributed by atoms with van der Waals surface area (Å²) in [7, 11) is 5.80. The van der Waals surface area contributed by atoms with Crippen LogP contribution >= 0.6 is 46.3 Å². The fraction of sp³-hybridized carbons (Fsp3) is 0.188. The molecule has 1 aromatic carbocycles. The van der Waals surface area contributed by atoms with Crippen LogP contribution in [0, 0.1) is 0 Å². The molecule has 114 valence electrons. The van der Waals surface area contributed by atoms with Crippen LogP contribution in [0.2, 0.25) is 0 Å². The number of rotatable bonds is 4. The van der Waals surface area contributed by atoms with Gasteiger partial charge in [-0.1, -0.05) is 24.3 Å². The molecule has 0 aliphatic heterocycles. The molecule has 3 aromatic rings. The number of fused-ring (bicyclic) bond motifs is 1. The fourth-order valence-corrected chi connectivity index (χ4v) is 4.08. The number of benzene rings is 1. The van der Waals surface area contributed by atoms with Gasteiger partial charge in [0.15, 0.2) is 5.65 Å². The summed E-state index contributed by atoms with van der Waals surface area (Å²) in [6, 6.07) is 10.9. The van der Waals surface area contributed by atoms with Crippen LogP contribution in [-0.2, 0) is 6.54 Å². The third-order valence-corrected chi connectivity index (χ3v) is 5.55. The van der Waals surface area contributed by atoms with E-state index in [1.165, 1.54) is 22.1 Å². The van der Waals surface area contributed by atoms with Crippen LogP contribution in [0.3, 0.4) is 0 Å². The van der Waals surface area contributed by atoms with Gasteiger partial charge in [-0.05, 0) is 47.2 Å². The van der Waals surface area contributed by atoms with Crippen LogP contribution in [0.25, 0.3) is 22.2 Å². The molecule has 0 saturated carbocycles. The molecule has 6 heteroatoms. The molecular formula is C16H15BrIN3S. The van der Waals surface area contributed by atoms with E-state index in [4.69, 9.17) is 0 Å². The third-order valence-electron chi connectivity index (χ3n) is 3.42. The lowest BCUT2D eigenvalue weighted by atomic mass is 10.0. The van der Waals surface area contributed by atoms with Crippen molar-refractivity contribution in [3.05, 3.63) is 52.8 Å². The van der Waals surface area contributed by atoms with Gasteiger partial charge in [0, 0.05) is 64.7 Å². The van der Waals surface area contributed by atoms with Crippen molar-refractivity contribution < 1.29 is 0 Å². The number of hydrogen-bond donors (Lipinski definition) is 0. The van der Waals surface area contributed by atoms with Crippen LogP contribution in [0.5, 0.6) is 0 Å². The Balaban J connectivity index is 2.07. The molecule has 0 aliphatic carbocycles. The summed E-state index contributed by atoms with van der Waals surface area (Å²) < 4.78 is 3.10. The average molecular weight is 488 g/mol. The highest BCUT2D eigenvalue weighted by Gasteiger charge is 2.12. The smallest absolute Gasteiger partial charge is 0.151 e. The molecule has 0 spiro atoms. The highest BCUT2D eigenvalue weighted by molar-refractivity contribution is 14.2. The Labute approximate surface area is 154 Å². The maximum absolute atomic E-state index is 4.54. The largest absolute Gasteiger partial charge is 0.305 e. The van der Waals surface area contributed by atoms with E-state index in [2.05, 4.69) is 102 Å². The van der Waals surface area contributed by atoms with E-state index in [0.29, 0.717) is 0 Å². The van der Waals surface area contributed by atoms with Crippen LogP contribution in [0.4, 0.5) is 0 Å². The van der Waals surface area contributed by atoms with Crippen LogP contribution in [0.15, 0.2) is 47.2 Å². The minimum atomic E-state index is 0.957. The molecule has 0 bridgehead atoms. The van der Waals surface area contributed by atoms with E-state index >= 15 is 0 Å². The molecule has 0 saturated heterocycles. The molecule has 0 N–H and O–H groups in total. The van der Waals surface area contributed by atoms with Crippen molar-refractivity contribution in [2.75, 3.05) is 14.1 Å². The molecule has 0 atom stereocenters. The van der Waals surface area contributed by atoms with E-state index in [0.717, 1.165) is 16.7 Å². The lowest BCUT2D eigenvalue weighted by Gasteiger charge is -2.09. The van der Waals surface area contributed by atoms with Crippen molar-refractivity contribution in [2.45, 2.75) is 6.54 Å². The van der Waals surface area contributed by atoms with E-state index in [-0.39, 0.29) is 0 Å². The quantitative estimate of drug-likeness (QED) is 0.461. The summed E-state index contributed by atoms with van der Waals surface area (Å²) >= 11 is 5.81. The van der Waals surface area contributed by atoms with Crippen molar-refractivity contribution in [1.82, 2.24) is 13.9 Å². The lowest BCUT2D eigenvalue weighted by Crippen LogP contribution is -2.10. The number of hydrogen-bond acceptors (Lipinski definition) is 3. The Morgan fingerprint density at radius 2 is 2.00 bits per heavy atom. The Morgan fingerprint density at radius 1 is 1.27 bits per heavy atom. The monoisotopic (exact) mass is 487 g/mol. The predicted octanol–water partition coefficient (Wildman–Crippen LogP) is 5.37. The molecule has 0 radical (unpaired) electrons. The first-order valence-corrected chi connectivity index (χ1v) is 10.9. The molecule has 3 nitrogen and oxygen atoms in total. The Bertz CT molecular complexity index is 799. The van der Waals surface area contributed by atoms with Crippen LogP contribution < -0.4 is 0 Å². The van der Waals surface area contributed by atoms with Gasteiger partial charge < -0.3 is 4.90 Å². The zero-order chi connectivity index (χ0) is 15.7. The van der Waals surface area contributed by atoms with Gasteiger partial charge >= 0.3 is 0 Å². The zero-order valence-electron chi connectivity index (χ0n) is 12.3. The lowest BCUT2D eigenvalue weighted by molar-refractivity contribution is 0.402. The van der Waals surface area contributed by atoms with Crippen molar-refractivity contribution in [2.24, 2.45) is 0 Å². The van der Waals surface area contributed by atoms with E-state index in [1.807, 2.05) is 6.20 Å². The molecular weight excluding hydrogens is 473 g/mol. The van der Waals surface area contributed by atoms with Crippen molar-refractivity contribution in [1.29, 1.82) is 0 Å². The Hall–Kier alpha value is -0.570. The second kappa shape index (κ2) is 6.90. The predicted molar refractivity (Wildman–Crippen MR) is 107 cm³/mol. The van der Waals surface area contributed by atoms with Gasteiger partial charge in [-0.2, -0.15) is 0 Å². The topological polar surface area (TPSA) is 21.1 Å². The normalized spacial score (nSPS) is 11.5. The van der Waals surface area contributed by atoms with Gasteiger partial charge in [-0.25, -0.2) is 4.98 Å². The van der Waals surface area contributed by atoms with Crippen molar-refractivity contribution in [3.63, 3.8) is 0 Å². The second-order valence-corrected chi connectivity index (χ2v) is 8.03. The molecule has 0 aliphatic rings. The van der Waals surface area contributed by atoms with Gasteiger partial charge in [-0.3, -0.25) is 3.97 Å². The molecule has 0 unspecified atom stereocenters. The van der Waals surface area contributed by atoms with Crippen molar-refractivity contribution in [3.8, 4) is 11.1 Å². The maximum atomic E-state index is 4.54. The highest BCUT2D eigenvalue weighted by atomic mass is 127. The molecule has 0 fully saturated rings. The first-order chi connectivity index (χ1) is 10.6. The Morgan fingerprint density at radius 3 is 2.64 bits per heavy atom. The number of nitrogens with zero attached hydrogens (tertiary/aromatic N) is 3. The summed E-state index contributed by atoms with van der Waals surface area (Å²) in [5, 5.41) is 1.17. The summed E-state index contributed by atoms with van der Waals surface area (Å²) in [5.41, 5.74) is 4.75. The maximum Gasteiger partial charge on any atom is 0.151 e. The minimum Gasteiger partial charge on any atom is -0.305 e. The number of pyridine rings is 1. The zero-order valence-corrected chi connectivity index (χ0v) is 16.8. The molecule has 2 heterocycles. The van der Waals surface area contributed by atoms with Gasteiger partial charge in [0.1, 0.15) is 0 Å². The molecule has 2 aromatic heterocycles. The van der Waals surface area contributed by atoms with Gasteiger partial charge in [0.25, 0.3) is 0 Å². The van der Waals surface area contributed by atoms with E-state index < -0.39 is 0 Å². The summed E-state index contributed by atoms with van der Waals surface area (Å²) in [5.74, 6) is 0. The van der Waals surface area contributed by atoms with Gasteiger partial charge in [0.2, 0.25) is 0 Å². The molecule has 22 heavy (non-hydrogen) atoms. The van der Waals surface area contributed by atoms with Gasteiger partial charge in [-0.15, -0.1) is 0 Å². The second-order valence-electron chi connectivity index (χ2n) is 5.40. The van der Waals surface area contributed by atoms with E-state index in [9.17, 15) is 0 Å². The Kier molecular flexibility index (Phi) is 5.11. The minimum absolute atomic E-state index is 0.957. The summed E-state index contributed by atoms with van der Waals surface area (Å²) in [6.45, 7) is 0.957. The third kappa shape index (κ3) is 3.34. The standard InChI is InChI=1S/C16H15BrIN3S/c1-20(2)9-11-3-5-12(6-4-11)15-10-21(22-18)16-14(15)7-13(17)8-19-16/h3-8,10H,9H2,1-2H3. The highest BCUT2D eigenvalue weighted by Crippen LogP contribution is 2.35. The van der Waals surface area contributed by atoms with Crippen LogP contribution in [0.1, 0.15) is 5.56 Å². The van der Waals surface area contributed by atoms with E-state index in [1.54, 1.807) is 9.12 Å².